The Morgan fingerprint density at radius 3 is 3.00 bits per heavy atom. The first-order valence-electron chi connectivity index (χ1n) is 4.97. The van der Waals surface area contributed by atoms with E-state index in [1.807, 2.05) is 6.08 Å². The van der Waals surface area contributed by atoms with Crippen LogP contribution in [0.25, 0.3) is 10.9 Å². The number of rotatable bonds is 3. The minimum atomic E-state index is 1.02. The molecule has 1 aromatic carbocycles. The fraction of sp³-hybridized carbons (Fsp3) is 0.231. The molecule has 0 spiro atoms. The molecule has 1 aromatic heterocycles. The number of hydrogen-bond donors (Lipinski definition) is 0. The second-order valence-corrected chi connectivity index (χ2v) is 3.65. The summed E-state index contributed by atoms with van der Waals surface area (Å²) in [6, 6.07) is 8.74. The Labute approximate surface area is 84.7 Å². The average molecular weight is 185 g/mol. The van der Waals surface area contributed by atoms with Crippen LogP contribution >= 0.6 is 0 Å². The molecule has 1 heteroatoms. The standard InChI is InChI=1S/C13H15N/c1-3-4-8-14-9-7-12-10-11(2)5-6-13(12)14/h3,5-7,9-10H,1,4,8H2,2H3. The van der Waals surface area contributed by atoms with Crippen molar-refractivity contribution >= 4 is 10.9 Å². The van der Waals surface area contributed by atoms with Crippen LogP contribution in [-0.2, 0) is 6.54 Å². The topological polar surface area (TPSA) is 4.93 Å². The van der Waals surface area contributed by atoms with Crippen LogP contribution in [0.15, 0.2) is 43.1 Å². The lowest BCUT2D eigenvalue weighted by Crippen LogP contribution is -1.93. The largest absolute Gasteiger partial charge is 0.347 e. The molecule has 0 aliphatic rings. The van der Waals surface area contributed by atoms with Gasteiger partial charge in [0.25, 0.3) is 0 Å². The number of aryl methyl sites for hydroxylation is 2. The van der Waals surface area contributed by atoms with Crippen LogP contribution in [0.2, 0.25) is 0 Å². The van der Waals surface area contributed by atoms with Gasteiger partial charge in [-0.25, -0.2) is 0 Å². The molecule has 1 heterocycles. The zero-order valence-electron chi connectivity index (χ0n) is 8.53. The molecule has 0 amide bonds. The van der Waals surface area contributed by atoms with E-state index in [4.69, 9.17) is 0 Å². The predicted molar refractivity (Wildman–Crippen MR) is 61.5 cm³/mol. The van der Waals surface area contributed by atoms with Gasteiger partial charge in [0.2, 0.25) is 0 Å². The van der Waals surface area contributed by atoms with Crippen molar-refractivity contribution in [3.63, 3.8) is 0 Å². The second-order valence-electron chi connectivity index (χ2n) is 3.65. The summed E-state index contributed by atoms with van der Waals surface area (Å²) in [6.45, 7) is 6.89. The molecule has 2 rings (SSSR count). The highest BCUT2D eigenvalue weighted by atomic mass is 14.9. The zero-order chi connectivity index (χ0) is 9.97. The molecule has 2 aromatic rings. The van der Waals surface area contributed by atoms with Crippen molar-refractivity contribution in [2.24, 2.45) is 0 Å². The van der Waals surface area contributed by atoms with Crippen LogP contribution in [0.4, 0.5) is 0 Å². The van der Waals surface area contributed by atoms with E-state index in [2.05, 4.69) is 48.5 Å². The first-order valence-corrected chi connectivity index (χ1v) is 4.97. The van der Waals surface area contributed by atoms with Gasteiger partial charge in [-0.3, -0.25) is 0 Å². The van der Waals surface area contributed by atoms with Crippen molar-refractivity contribution in [1.82, 2.24) is 4.57 Å². The van der Waals surface area contributed by atoms with Crippen LogP contribution in [0.5, 0.6) is 0 Å². The van der Waals surface area contributed by atoms with Gasteiger partial charge in [0.05, 0.1) is 0 Å². The molecule has 0 aliphatic carbocycles. The maximum Gasteiger partial charge on any atom is 0.0480 e. The predicted octanol–water partition coefficient (Wildman–Crippen LogP) is 3.53. The van der Waals surface area contributed by atoms with Gasteiger partial charge in [-0.1, -0.05) is 17.7 Å². The van der Waals surface area contributed by atoms with Crippen LogP contribution in [0.3, 0.4) is 0 Å². The Kier molecular flexibility index (Phi) is 2.40. The lowest BCUT2D eigenvalue weighted by atomic mass is 10.2. The summed E-state index contributed by atoms with van der Waals surface area (Å²) in [5.41, 5.74) is 2.64. The molecule has 0 fully saturated rings. The van der Waals surface area contributed by atoms with Crippen molar-refractivity contribution in [2.75, 3.05) is 0 Å². The third-order valence-electron chi connectivity index (χ3n) is 2.50. The molecule has 0 radical (unpaired) electrons. The second kappa shape index (κ2) is 3.70. The van der Waals surface area contributed by atoms with E-state index in [0.29, 0.717) is 0 Å². The van der Waals surface area contributed by atoms with Crippen molar-refractivity contribution in [2.45, 2.75) is 19.9 Å². The molecular formula is C13H15N. The van der Waals surface area contributed by atoms with E-state index in [1.165, 1.54) is 16.5 Å². The number of hydrogen-bond acceptors (Lipinski definition) is 0. The molecule has 0 aliphatic heterocycles. The first kappa shape index (κ1) is 9.07. The quantitative estimate of drug-likeness (QED) is 0.645. The van der Waals surface area contributed by atoms with Crippen molar-refractivity contribution in [3.05, 3.63) is 48.7 Å². The first-order chi connectivity index (χ1) is 6.81. The summed E-state index contributed by atoms with van der Waals surface area (Å²) in [7, 11) is 0. The molecule has 14 heavy (non-hydrogen) atoms. The Bertz CT molecular complexity index is 451. The molecule has 0 bridgehead atoms. The lowest BCUT2D eigenvalue weighted by molar-refractivity contribution is 0.739. The van der Waals surface area contributed by atoms with Gasteiger partial charge in [0.1, 0.15) is 0 Å². The van der Waals surface area contributed by atoms with E-state index in [1.54, 1.807) is 0 Å². The van der Waals surface area contributed by atoms with E-state index in [0.717, 1.165) is 13.0 Å². The van der Waals surface area contributed by atoms with Crippen molar-refractivity contribution in [1.29, 1.82) is 0 Å². The number of aromatic nitrogens is 1. The van der Waals surface area contributed by atoms with Crippen LogP contribution in [-0.4, -0.2) is 4.57 Å². The third kappa shape index (κ3) is 1.58. The van der Waals surface area contributed by atoms with Crippen molar-refractivity contribution < 1.29 is 0 Å². The molecule has 0 N–H and O–H groups in total. The molecule has 0 saturated heterocycles. The highest BCUT2D eigenvalue weighted by Gasteiger charge is 1.99. The Hall–Kier alpha value is -1.50. The van der Waals surface area contributed by atoms with Gasteiger partial charge in [-0.05, 0) is 36.9 Å². The van der Waals surface area contributed by atoms with Gasteiger partial charge >= 0.3 is 0 Å². The van der Waals surface area contributed by atoms with E-state index < -0.39 is 0 Å². The summed E-state index contributed by atoms with van der Waals surface area (Å²) in [4.78, 5) is 0. The normalized spacial score (nSPS) is 10.6. The Morgan fingerprint density at radius 2 is 2.21 bits per heavy atom. The van der Waals surface area contributed by atoms with E-state index >= 15 is 0 Å². The molecular weight excluding hydrogens is 170 g/mol. The summed E-state index contributed by atoms with van der Waals surface area (Å²) in [6.07, 6.45) is 5.13. The van der Waals surface area contributed by atoms with Gasteiger partial charge in [0.15, 0.2) is 0 Å². The van der Waals surface area contributed by atoms with Crippen LogP contribution < -0.4 is 0 Å². The summed E-state index contributed by atoms with van der Waals surface area (Å²) in [5, 5.41) is 1.33. The van der Waals surface area contributed by atoms with Crippen LogP contribution in [0, 0.1) is 6.92 Å². The summed E-state index contributed by atoms with van der Waals surface area (Å²) in [5.74, 6) is 0. The highest BCUT2D eigenvalue weighted by Crippen LogP contribution is 2.17. The minimum absolute atomic E-state index is 1.02. The monoisotopic (exact) mass is 185 g/mol. The third-order valence-corrected chi connectivity index (χ3v) is 2.50. The van der Waals surface area contributed by atoms with Gasteiger partial charge in [-0.2, -0.15) is 0 Å². The lowest BCUT2D eigenvalue weighted by Gasteiger charge is -2.02. The van der Waals surface area contributed by atoms with Crippen LogP contribution in [0.1, 0.15) is 12.0 Å². The van der Waals surface area contributed by atoms with Crippen molar-refractivity contribution in [3.8, 4) is 0 Å². The minimum Gasteiger partial charge on any atom is -0.347 e. The Balaban J connectivity index is 2.42. The fourth-order valence-corrected chi connectivity index (χ4v) is 1.74. The smallest absolute Gasteiger partial charge is 0.0480 e. The number of allylic oxidation sites excluding steroid dienone is 1. The number of fused-ring (bicyclic) bond motifs is 1. The molecule has 72 valence electrons. The van der Waals surface area contributed by atoms with Gasteiger partial charge < -0.3 is 4.57 Å². The zero-order valence-corrected chi connectivity index (χ0v) is 8.53. The average Bonchev–Trinajstić information content (AvgIpc) is 2.57. The van der Waals surface area contributed by atoms with Gasteiger partial charge in [0, 0.05) is 18.3 Å². The summed E-state index contributed by atoms with van der Waals surface area (Å²) >= 11 is 0. The molecule has 1 nitrogen and oxygen atoms in total. The van der Waals surface area contributed by atoms with E-state index in [9.17, 15) is 0 Å². The van der Waals surface area contributed by atoms with E-state index in [-0.39, 0.29) is 0 Å². The molecule has 0 saturated carbocycles. The fourth-order valence-electron chi connectivity index (χ4n) is 1.74. The molecule has 0 atom stereocenters. The number of benzene rings is 1. The maximum absolute atomic E-state index is 3.74. The Morgan fingerprint density at radius 1 is 1.36 bits per heavy atom. The highest BCUT2D eigenvalue weighted by molar-refractivity contribution is 5.80. The maximum atomic E-state index is 3.74. The summed E-state index contributed by atoms with van der Waals surface area (Å²) < 4.78 is 2.27. The van der Waals surface area contributed by atoms with Gasteiger partial charge in [-0.15, -0.1) is 6.58 Å². The molecule has 0 unspecified atom stereocenters. The SMILES string of the molecule is C=CCCn1ccc2cc(C)ccc21. The number of nitrogens with zero attached hydrogens (tertiary/aromatic N) is 1.